The van der Waals surface area contributed by atoms with Crippen molar-refractivity contribution in [2.45, 2.75) is 18.9 Å². The first kappa shape index (κ1) is 19.3. The number of hydrogen-bond donors (Lipinski definition) is 1. The van der Waals surface area contributed by atoms with E-state index in [1.807, 2.05) is 17.0 Å². The highest BCUT2D eigenvalue weighted by Crippen LogP contribution is 2.27. The average molecular weight is 380 g/mol. The van der Waals surface area contributed by atoms with Crippen molar-refractivity contribution < 1.29 is 13.6 Å². The summed E-state index contributed by atoms with van der Waals surface area (Å²) in [6.45, 7) is 0.989. The molecule has 1 unspecified atom stereocenters. The molecule has 1 heterocycles. The summed E-state index contributed by atoms with van der Waals surface area (Å²) >= 11 is 0. The normalized spacial score (nSPS) is 15.4. The van der Waals surface area contributed by atoms with Crippen LogP contribution in [-0.2, 0) is 4.79 Å². The smallest absolute Gasteiger partial charge is 0.224 e. The van der Waals surface area contributed by atoms with Crippen LogP contribution in [0, 0.1) is 40.2 Å². The highest BCUT2D eigenvalue weighted by Gasteiger charge is 2.28. The number of amides is 1. The Morgan fingerprint density at radius 3 is 2.36 bits per heavy atom. The first-order chi connectivity index (χ1) is 13.5. The second kappa shape index (κ2) is 8.49. The van der Waals surface area contributed by atoms with Gasteiger partial charge in [0.2, 0.25) is 5.91 Å². The van der Waals surface area contributed by atoms with Gasteiger partial charge in [-0.1, -0.05) is 12.1 Å². The topological polar surface area (TPSA) is 79.9 Å². The van der Waals surface area contributed by atoms with Crippen LogP contribution >= 0.6 is 0 Å². The van der Waals surface area contributed by atoms with Crippen molar-refractivity contribution >= 4 is 11.6 Å². The number of hydrogen-bond acceptors (Lipinski definition) is 4. The molecule has 0 spiro atoms. The Bertz CT molecular complexity index is 938. The van der Waals surface area contributed by atoms with Gasteiger partial charge in [0.15, 0.2) is 0 Å². The third-order valence-electron chi connectivity index (χ3n) is 4.90. The van der Waals surface area contributed by atoms with Gasteiger partial charge in [0.1, 0.15) is 17.7 Å². The highest BCUT2D eigenvalue weighted by molar-refractivity contribution is 5.80. The zero-order valence-corrected chi connectivity index (χ0v) is 15.0. The van der Waals surface area contributed by atoms with E-state index in [0.717, 1.165) is 0 Å². The Balaban J connectivity index is 1.60. The monoisotopic (exact) mass is 380 g/mol. The summed E-state index contributed by atoms with van der Waals surface area (Å²) in [7, 11) is 0. The van der Waals surface area contributed by atoms with Gasteiger partial charge in [0.25, 0.3) is 0 Å². The third kappa shape index (κ3) is 4.27. The number of nitriles is 2. The lowest BCUT2D eigenvalue weighted by Crippen LogP contribution is -2.41. The number of nitrogens with one attached hydrogen (secondary N) is 1. The van der Waals surface area contributed by atoms with Gasteiger partial charge in [0.05, 0.1) is 23.4 Å². The Kier molecular flexibility index (Phi) is 5.86. The van der Waals surface area contributed by atoms with Gasteiger partial charge in [-0.3, -0.25) is 4.79 Å². The van der Waals surface area contributed by atoms with Crippen LogP contribution in [0.25, 0.3) is 0 Å². The van der Waals surface area contributed by atoms with Gasteiger partial charge in [0, 0.05) is 19.0 Å². The maximum atomic E-state index is 14.2. The van der Waals surface area contributed by atoms with Crippen LogP contribution in [0.5, 0.6) is 0 Å². The van der Waals surface area contributed by atoms with Crippen molar-refractivity contribution in [3.05, 3.63) is 65.2 Å². The predicted octanol–water partition coefficient (Wildman–Crippen LogP) is 3.43. The SMILES string of the molecule is N#Cc1ccc(N2CCC(C(=O)NC(C#N)c3ccc(F)cc3)CC2)c(F)c1. The Morgan fingerprint density at radius 1 is 1.11 bits per heavy atom. The summed E-state index contributed by atoms with van der Waals surface area (Å²) in [5.41, 5.74) is 1.20. The second-order valence-electron chi connectivity index (χ2n) is 6.66. The molecule has 2 aromatic carbocycles. The molecule has 0 saturated carbocycles. The van der Waals surface area contributed by atoms with Gasteiger partial charge in [-0.05, 0) is 48.7 Å². The van der Waals surface area contributed by atoms with Crippen molar-refractivity contribution in [1.29, 1.82) is 10.5 Å². The first-order valence-electron chi connectivity index (χ1n) is 8.92. The minimum absolute atomic E-state index is 0.240. The molecule has 0 aromatic heterocycles. The lowest BCUT2D eigenvalue weighted by molar-refractivity contribution is -0.126. The fourth-order valence-electron chi connectivity index (χ4n) is 3.32. The van der Waals surface area contributed by atoms with Crippen LogP contribution in [0.1, 0.15) is 30.0 Å². The molecule has 142 valence electrons. The molecular formula is C21H18F2N4O. The predicted molar refractivity (Wildman–Crippen MR) is 98.9 cm³/mol. The fourth-order valence-corrected chi connectivity index (χ4v) is 3.32. The standard InChI is InChI=1S/C21H18F2N4O/c22-17-4-2-15(3-5-17)19(13-25)26-21(28)16-7-9-27(10-8-16)20-6-1-14(12-24)11-18(20)23/h1-6,11,16,19H,7-10H2,(H,26,28). The molecule has 1 N–H and O–H groups in total. The molecule has 0 radical (unpaired) electrons. The number of anilines is 1. The summed E-state index contributed by atoms with van der Waals surface area (Å²) in [5, 5.41) is 20.9. The van der Waals surface area contributed by atoms with Gasteiger partial charge in [-0.25, -0.2) is 8.78 Å². The Hall–Kier alpha value is -3.45. The van der Waals surface area contributed by atoms with Crippen LogP contribution in [0.2, 0.25) is 0 Å². The number of rotatable bonds is 4. The van der Waals surface area contributed by atoms with E-state index in [0.29, 0.717) is 37.2 Å². The number of halogens is 2. The summed E-state index contributed by atoms with van der Waals surface area (Å²) in [5.74, 6) is -1.39. The molecule has 7 heteroatoms. The lowest BCUT2D eigenvalue weighted by atomic mass is 9.94. The van der Waals surface area contributed by atoms with Crippen molar-refractivity contribution in [3.63, 3.8) is 0 Å². The molecule has 2 aromatic rings. The highest BCUT2D eigenvalue weighted by atomic mass is 19.1. The molecule has 1 aliphatic heterocycles. The second-order valence-corrected chi connectivity index (χ2v) is 6.66. The van der Waals surface area contributed by atoms with E-state index in [2.05, 4.69) is 5.32 Å². The molecule has 0 aliphatic carbocycles. The lowest BCUT2D eigenvalue weighted by Gasteiger charge is -2.33. The van der Waals surface area contributed by atoms with Crippen LogP contribution in [0.15, 0.2) is 42.5 Å². The molecule has 5 nitrogen and oxygen atoms in total. The largest absolute Gasteiger partial charge is 0.369 e. The van der Waals surface area contributed by atoms with Crippen molar-refractivity contribution in [2.75, 3.05) is 18.0 Å². The maximum Gasteiger partial charge on any atom is 0.224 e. The van der Waals surface area contributed by atoms with Crippen LogP contribution in [0.4, 0.5) is 14.5 Å². The van der Waals surface area contributed by atoms with Gasteiger partial charge in [-0.15, -0.1) is 0 Å². The van der Waals surface area contributed by atoms with Crippen LogP contribution in [-0.4, -0.2) is 19.0 Å². The van der Waals surface area contributed by atoms with Crippen LogP contribution < -0.4 is 10.2 Å². The van der Waals surface area contributed by atoms with E-state index in [9.17, 15) is 18.8 Å². The summed E-state index contributed by atoms with van der Waals surface area (Å²) in [6.07, 6.45) is 1.04. The fraction of sp³-hybridized carbons (Fsp3) is 0.286. The first-order valence-corrected chi connectivity index (χ1v) is 8.92. The molecular weight excluding hydrogens is 362 g/mol. The molecule has 1 saturated heterocycles. The quantitative estimate of drug-likeness (QED) is 0.881. The zero-order valence-electron chi connectivity index (χ0n) is 15.0. The van der Waals surface area contributed by atoms with Gasteiger partial charge < -0.3 is 10.2 Å². The van der Waals surface area contributed by atoms with Crippen LogP contribution in [0.3, 0.4) is 0 Å². The number of nitrogens with zero attached hydrogens (tertiary/aromatic N) is 3. The third-order valence-corrected chi connectivity index (χ3v) is 4.90. The van der Waals surface area contributed by atoms with Crippen molar-refractivity contribution in [3.8, 4) is 12.1 Å². The number of benzene rings is 2. The molecule has 1 fully saturated rings. The molecule has 28 heavy (non-hydrogen) atoms. The summed E-state index contributed by atoms with van der Waals surface area (Å²) in [6, 6.07) is 12.9. The minimum Gasteiger partial charge on any atom is -0.369 e. The van der Waals surface area contributed by atoms with Crippen molar-refractivity contribution in [2.24, 2.45) is 5.92 Å². The van der Waals surface area contributed by atoms with E-state index < -0.39 is 17.7 Å². The number of carbonyl (C=O) groups excluding carboxylic acids is 1. The maximum absolute atomic E-state index is 14.2. The minimum atomic E-state index is -0.845. The van der Waals surface area contributed by atoms with Gasteiger partial charge in [-0.2, -0.15) is 10.5 Å². The van der Waals surface area contributed by atoms with E-state index in [4.69, 9.17) is 5.26 Å². The zero-order chi connectivity index (χ0) is 20.1. The molecule has 0 bridgehead atoms. The van der Waals surface area contributed by atoms with E-state index in [-0.39, 0.29) is 17.4 Å². The van der Waals surface area contributed by atoms with E-state index >= 15 is 0 Å². The summed E-state index contributed by atoms with van der Waals surface area (Å²) < 4.78 is 27.2. The number of carbonyl (C=O) groups is 1. The van der Waals surface area contributed by atoms with E-state index in [1.165, 1.54) is 30.3 Å². The van der Waals surface area contributed by atoms with E-state index in [1.54, 1.807) is 12.1 Å². The molecule has 1 atom stereocenters. The average Bonchev–Trinajstić information content (AvgIpc) is 2.72. The van der Waals surface area contributed by atoms with Gasteiger partial charge >= 0.3 is 0 Å². The molecule has 3 rings (SSSR count). The Morgan fingerprint density at radius 2 is 1.79 bits per heavy atom. The molecule has 1 amide bonds. The molecule has 1 aliphatic rings. The number of piperidine rings is 1. The van der Waals surface area contributed by atoms with Crippen molar-refractivity contribution in [1.82, 2.24) is 5.32 Å². The Labute approximate surface area is 161 Å². The summed E-state index contributed by atoms with van der Waals surface area (Å²) in [4.78, 5) is 14.4.